The lowest BCUT2D eigenvalue weighted by Crippen LogP contribution is -2.28. The molecule has 0 aliphatic heterocycles. The quantitative estimate of drug-likeness (QED) is 0.562. The maximum absolute atomic E-state index is 12.0. The number of nitrogens with zero attached hydrogens (tertiary/aromatic N) is 3. The van der Waals surface area contributed by atoms with E-state index in [0.717, 1.165) is 11.9 Å². The average Bonchev–Trinajstić information content (AvgIpc) is 2.66. The van der Waals surface area contributed by atoms with Crippen LogP contribution < -0.4 is 16.4 Å². The molecule has 0 atom stereocenters. The van der Waals surface area contributed by atoms with Crippen LogP contribution in [0.2, 0.25) is 0 Å². The Bertz CT molecular complexity index is 1100. The minimum absolute atomic E-state index is 0.185. The van der Waals surface area contributed by atoms with Crippen molar-refractivity contribution in [3.05, 3.63) is 66.1 Å². The first-order valence-corrected chi connectivity index (χ1v) is 10.7. The lowest BCUT2D eigenvalue weighted by molar-refractivity contribution is 0.251. The molecule has 10 heteroatoms. The molecule has 4 N–H and O–H groups in total. The van der Waals surface area contributed by atoms with Gasteiger partial charge in [-0.3, -0.25) is 4.98 Å². The van der Waals surface area contributed by atoms with Gasteiger partial charge >= 0.3 is 6.03 Å². The number of urea groups is 1. The lowest BCUT2D eigenvalue weighted by atomic mass is 10.2. The highest BCUT2D eigenvalue weighted by Gasteiger charge is 2.11. The van der Waals surface area contributed by atoms with Crippen LogP contribution in [0.5, 0.6) is 0 Å². The van der Waals surface area contributed by atoms with Crippen LogP contribution in [0.25, 0.3) is 11.4 Å². The molecule has 2 heterocycles. The fraction of sp³-hybridized carbons (Fsp3) is 0.158. The monoisotopic (exact) mass is 412 g/mol. The van der Waals surface area contributed by atoms with Crippen LogP contribution >= 0.6 is 0 Å². The van der Waals surface area contributed by atoms with Gasteiger partial charge in [0.25, 0.3) is 0 Å². The molecule has 0 fully saturated rings. The van der Waals surface area contributed by atoms with Gasteiger partial charge in [0.15, 0.2) is 15.7 Å². The van der Waals surface area contributed by atoms with E-state index >= 15 is 0 Å². The average molecular weight is 412 g/mol. The van der Waals surface area contributed by atoms with Gasteiger partial charge in [-0.1, -0.05) is 6.07 Å². The summed E-state index contributed by atoms with van der Waals surface area (Å²) in [7, 11) is -3.24. The highest BCUT2D eigenvalue weighted by atomic mass is 32.2. The van der Waals surface area contributed by atoms with Crippen LogP contribution in [-0.2, 0) is 22.1 Å². The summed E-state index contributed by atoms with van der Waals surface area (Å²) in [5.74, 6) is 0.280. The molecule has 3 aromatic rings. The molecule has 0 aliphatic rings. The van der Waals surface area contributed by atoms with Gasteiger partial charge in [-0.05, 0) is 36.4 Å². The summed E-state index contributed by atoms with van der Waals surface area (Å²) in [5, 5.41) is 5.44. The van der Waals surface area contributed by atoms with Crippen molar-refractivity contribution >= 4 is 27.4 Å². The molecule has 0 unspecified atom stereocenters. The molecule has 0 radical (unpaired) electrons. The Morgan fingerprint density at radius 2 is 1.83 bits per heavy atom. The third kappa shape index (κ3) is 6.25. The SMILES string of the molecule is CS(=O)(=O)Cc1cc(N)nc(-c2ccc(NC(=O)NCc3ccccn3)cc2)n1. The summed E-state index contributed by atoms with van der Waals surface area (Å²) in [6, 6.07) is 13.4. The summed E-state index contributed by atoms with van der Waals surface area (Å²) in [4.78, 5) is 24.6. The largest absolute Gasteiger partial charge is 0.384 e. The number of nitrogens with one attached hydrogen (secondary N) is 2. The maximum atomic E-state index is 12.0. The highest BCUT2D eigenvalue weighted by Crippen LogP contribution is 2.20. The van der Waals surface area contributed by atoms with E-state index in [2.05, 4.69) is 25.6 Å². The first-order valence-electron chi connectivity index (χ1n) is 8.65. The van der Waals surface area contributed by atoms with Crippen LogP contribution in [0.4, 0.5) is 16.3 Å². The maximum Gasteiger partial charge on any atom is 0.319 e. The second kappa shape index (κ2) is 8.65. The van der Waals surface area contributed by atoms with Crippen molar-refractivity contribution in [2.45, 2.75) is 12.3 Å². The molecular formula is C19H20N6O3S. The molecule has 0 saturated heterocycles. The van der Waals surface area contributed by atoms with Crippen molar-refractivity contribution in [2.75, 3.05) is 17.3 Å². The number of aromatic nitrogens is 3. The van der Waals surface area contributed by atoms with Gasteiger partial charge in [-0.2, -0.15) is 0 Å². The molecule has 2 amide bonds. The van der Waals surface area contributed by atoms with Crippen LogP contribution in [0.15, 0.2) is 54.7 Å². The Balaban J connectivity index is 1.66. The molecule has 1 aromatic carbocycles. The number of hydrogen-bond donors (Lipinski definition) is 3. The van der Waals surface area contributed by atoms with E-state index in [0.29, 0.717) is 29.3 Å². The number of carbonyl (C=O) groups is 1. The Kier molecular flexibility index (Phi) is 6.03. The number of nitrogens with two attached hydrogens (primary N) is 1. The first-order chi connectivity index (χ1) is 13.8. The molecular weight excluding hydrogens is 392 g/mol. The van der Waals surface area contributed by atoms with Crippen molar-refractivity contribution in [3.8, 4) is 11.4 Å². The Labute approximate surface area is 168 Å². The van der Waals surface area contributed by atoms with Crippen molar-refractivity contribution < 1.29 is 13.2 Å². The number of hydrogen-bond acceptors (Lipinski definition) is 7. The van der Waals surface area contributed by atoms with Crippen molar-refractivity contribution in [2.24, 2.45) is 0 Å². The minimum atomic E-state index is -3.24. The standard InChI is InChI=1S/C19H20N6O3S/c1-29(27,28)12-16-10-17(20)25-18(23-16)13-5-7-14(8-6-13)24-19(26)22-11-15-4-2-3-9-21-15/h2-10H,11-12H2,1H3,(H2,20,23,25)(H2,22,24,26). The van der Waals surface area contributed by atoms with Gasteiger partial charge < -0.3 is 16.4 Å². The summed E-state index contributed by atoms with van der Waals surface area (Å²) in [6.45, 7) is 0.311. The number of sulfone groups is 1. The van der Waals surface area contributed by atoms with E-state index in [1.165, 1.54) is 6.07 Å². The molecule has 150 valence electrons. The lowest BCUT2D eigenvalue weighted by Gasteiger charge is -2.09. The number of anilines is 2. The van der Waals surface area contributed by atoms with Gasteiger partial charge in [-0.15, -0.1) is 0 Å². The highest BCUT2D eigenvalue weighted by molar-refractivity contribution is 7.89. The molecule has 29 heavy (non-hydrogen) atoms. The summed E-state index contributed by atoms with van der Waals surface area (Å²) in [6.07, 6.45) is 2.79. The van der Waals surface area contributed by atoms with E-state index in [-0.39, 0.29) is 17.6 Å². The topological polar surface area (TPSA) is 140 Å². The first kappa shape index (κ1) is 20.2. The van der Waals surface area contributed by atoms with E-state index in [1.807, 2.05) is 12.1 Å². The van der Waals surface area contributed by atoms with Gasteiger partial charge in [0.2, 0.25) is 0 Å². The number of pyridine rings is 1. The second-order valence-corrected chi connectivity index (χ2v) is 8.52. The number of benzene rings is 1. The summed E-state index contributed by atoms with van der Waals surface area (Å²) < 4.78 is 23.0. The second-order valence-electron chi connectivity index (χ2n) is 6.38. The fourth-order valence-electron chi connectivity index (χ4n) is 2.54. The van der Waals surface area contributed by atoms with Crippen LogP contribution in [0.1, 0.15) is 11.4 Å². The molecule has 9 nitrogen and oxygen atoms in total. The molecule has 0 bridgehead atoms. The number of rotatable bonds is 6. The zero-order chi connectivity index (χ0) is 20.9. The smallest absolute Gasteiger partial charge is 0.319 e. The molecule has 0 spiro atoms. The molecule has 3 rings (SSSR count). The molecule has 0 aliphatic carbocycles. The Morgan fingerprint density at radius 1 is 1.07 bits per heavy atom. The van der Waals surface area contributed by atoms with Gasteiger partial charge in [0.05, 0.1) is 23.7 Å². The van der Waals surface area contributed by atoms with Crippen LogP contribution in [0.3, 0.4) is 0 Å². The predicted molar refractivity (Wildman–Crippen MR) is 111 cm³/mol. The third-order valence-corrected chi connectivity index (χ3v) is 4.59. The summed E-state index contributed by atoms with van der Waals surface area (Å²) >= 11 is 0. The van der Waals surface area contributed by atoms with Gasteiger partial charge in [0.1, 0.15) is 5.82 Å². The summed E-state index contributed by atoms with van der Waals surface area (Å²) in [5.41, 5.74) is 8.07. The van der Waals surface area contributed by atoms with Gasteiger partial charge in [-0.25, -0.2) is 23.2 Å². The number of carbonyl (C=O) groups excluding carboxylic acids is 1. The fourth-order valence-corrected chi connectivity index (χ4v) is 3.23. The van der Waals surface area contributed by atoms with E-state index in [1.54, 1.807) is 36.5 Å². The van der Waals surface area contributed by atoms with E-state index < -0.39 is 9.84 Å². The molecule has 0 saturated carbocycles. The minimum Gasteiger partial charge on any atom is -0.384 e. The zero-order valence-electron chi connectivity index (χ0n) is 15.7. The molecule has 2 aromatic heterocycles. The predicted octanol–water partition coefficient (Wildman–Crippen LogP) is 1.99. The van der Waals surface area contributed by atoms with Crippen molar-refractivity contribution in [1.29, 1.82) is 0 Å². The van der Waals surface area contributed by atoms with E-state index in [4.69, 9.17) is 5.73 Å². The van der Waals surface area contributed by atoms with Gasteiger partial charge in [0, 0.05) is 29.8 Å². The Hall–Kier alpha value is -3.53. The van der Waals surface area contributed by atoms with Crippen molar-refractivity contribution in [3.63, 3.8) is 0 Å². The van der Waals surface area contributed by atoms with E-state index in [9.17, 15) is 13.2 Å². The van der Waals surface area contributed by atoms with Crippen LogP contribution in [-0.4, -0.2) is 35.7 Å². The third-order valence-electron chi connectivity index (χ3n) is 3.77. The van der Waals surface area contributed by atoms with Crippen molar-refractivity contribution in [1.82, 2.24) is 20.3 Å². The zero-order valence-corrected chi connectivity index (χ0v) is 16.5. The number of amides is 2. The Morgan fingerprint density at radius 3 is 2.48 bits per heavy atom. The van der Waals surface area contributed by atoms with Crippen LogP contribution in [0, 0.1) is 0 Å². The normalized spacial score (nSPS) is 11.1. The number of nitrogen functional groups attached to an aromatic ring is 1.